The van der Waals surface area contributed by atoms with Crippen LogP contribution in [0.4, 0.5) is 0 Å². The van der Waals surface area contributed by atoms with E-state index in [2.05, 4.69) is 20.8 Å². The third-order valence-electron chi connectivity index (χ3n) is 7.01. The molecule has 4 rings (SSSR count). The highest BCUT2D eigenvalue weighted by molar-refractivity contribution is 6.00. The van der Waals surface area contributed by atoms with E-state index in [0.29, 0.717) is 42.6 Å². The van der Waals surface area contributed by atoms with E-state index >= 15 is 0 Å². The lowest BCUT2D eigenvalue weighted by atomic mass is 9.80. The van der Waals surface area contributed by atoms with Gasteiger partial charge in [0.2, 0.25) is 0 Å². The van der Waals surface area contributed by atoms with Crippen molar-refractivity contribution >= 4 is 17.3 Å². The highest BCUT2D eigenvalue weighted by atomic mass is 16.7. The fourth-order valence-electron chi connectivity index (χ4n) is 5.39. The first-order valence-electron chi connectivity index (χ1n) is 11.7. The maximum absolute atomic E-state index is 11.8. The van der Waals surface area contributed by atoms with Crippen LogP contribution in [0.15, 0.2) is 16.7 Å². The summed E-state index contributed by atoms with van der Waals surface area (Å²) in [6, 6.07) is 1.90. The van der Waals surface area contributed by atoms with Crippen molar-refractivity contribution in [2.45, 2.75) is 95.9 Å². The van der Waals surface area contributed by atoms with E-state index in [1.165, 1.54) is 0 Å². The molecule has 0 amide bonds. The van der Waals surface area contributed by atoms with Crippen LogP contribution in [0.3, 0.4) is 0 Å². The number of aliphatic hydroxyl groups is 2. The molecule has 2 aliphatic rings. The molecule has 7 heteroatoms. The number of carbonyl (C=O) groups excluding carboxylic acids is 1. The number of hydrogen-bond acceptors (Lipinski definition) is 7. The van der Waals surface area contributed by atoms with Crippen LogP contribution in [0.25, 0.3) is 11.0 Å². The zero-order chi connectivity index (χ0) is 23.2. The lowest BCUT2D eigenvalue weighted by Gasteiger charge is -2.39. The number of fused-ring (bicyclic) bond motifs is 1. The molecule has 0 radical (unpaired) electrons. The van der Waals surface area contributed by atoms with Crippen molar-refractivity contribution in [1.29, 1.82) is 0 Å². The van der Waals surface area contributed by atoms with Crippen molar-refractivity contribution in [3.63, 3.8) is 0 Å². The van der Waals surface area contributed by atoms with Gasteiger partial charge >= 0.3 is 0 Å². The summed E-state index contributed by atoms with van der Waals surface area (Å²) in [6.45, 7) is 8.13. The number of phenols is 1. The predicted molar refractivity (Wildman–Crippen MR) is 119 cm³/mol. The molecule has 0 aliphatic carbocycles. The molecular formula is C25H34O7. The summed E-state index contributed by atoms with van der Waals surface area (Å²) in [7, 11) is 0. The number of benzene rings is 1. The van der Waals surface area contributed by atoms with Crippen LogP contribution >= 0.6 is 0 Å². The van der Waals surface area contributed by atoms with E-state index in [9.17, 15) is 20.1 Å². The minimum atomic E-state index is -1.20. The van der Waals surface area contributed by atoms with Crippen LogP contribution in [0.1, 0.15) is 80.8 Å². The number of aliphatic hydroxyl groups excluding tert-OH is 2. The summed E-state index contributed by atoms with van der Waals surface area (Å²) in [6.07, 6.45) is 2.85. The van der Waals surface area contributed by atoms with Gasteiger partial charge in [-0.3, -0.25) is 4.79 Å². The van der Waals surface area contributed by atoms with Gasteiger partial charge in [-0.15, -0.1) is 0 Å². The summed E-state index contributed by atoms with van der Waals surface area (Å²) < 4.78 is 17.5. The molecule has 3 heterocycles. The Morgan fingerprint density at radius 1 is 1.28 bits per heavy atom. The Balaban J connectivity index is 1.73. The number of furan rings is 1. The number of epoxide rings is 1. The lowest BCUT2D eigenvalue weighted by molar-refractivity contribution is -0.236. The topological polar surface area (TPSA) is 113 Å². The first-order valence-corrected chi connectivity index (χ1v) is 11.7. The largest absolute Gasteiger partial charge is 0.507 e. The number of aromatic hydroxyl groups is 1. The Kier molecular flexibility index (Phi) is 6.38. The van der Waals surface area contributed by atoms with Gasteiger partial charge in [-0.25, -0.2) is 0 Å². The molecule has 176 valence electrons. The van der Waals surface area contributed by atoms with Gasteiger partial charge in [0.05, 0.1) is 30.1 Å². The van der Waals surface area contributed by atoms with Gasteiger partial charge in [-0.1, -0.05) is 34.1 Å². The van der Waals surface area contributed by atoms with E-state index in [4.69, 9.17) is 13.9 Å². The number of carbonyl (C=O) groups is 1. The summed E-state index contributed by atoms with van der Waals surface area (Å²) >= 11 is 0. The highest BCUT2D eigenvalue weighted by Crippen LogP contribution is 2.51. The van der Waals surface area contributed by atoms with Crippen LogP contribution in [0.5, 0.6) is 5.75 Å². The van der Waals surface area contributed by atoms with Crippen molar-refractivity contribution in [3.05, 3.63) is 29.0 Å². The van der Waals surface area contributed by atoms with Crippen LogP contribution in [-0.4, -0.2) is 51.8 Å². The van der Waals surface area contributed by atoms with E-state index in [1.54, 1.807) is 6.26 Å². The molecule has 2 fully saturated rings. The van der Waals surface area contributed by atoms with Crippen LogP contribution in [0.2, 0.25) is 0 Å². The lowest BCUT2D eigenvalue weighted by Crippen LogP contribution is -2.53. The predicted octanol–water partition coefficient (Wildman–Crippen LogP) is 4.05. The van der Waals surface area contributed by atoms with Crippen LogP contribution < -0.4 is 0 Å². The summed E-state index contributed by atoms with van der Waals surface area (Å²) in [4.78, 5) is 11.8. The number of hydrogen-bond donors (Lipinski definition) is 3. The average Bonchev–Trinajstić information content (AvgIpc) is 3.36. The third kappa shape index (κ3) is 3.65. The third-order valence-corrected chi connectivity index (χ3v) is 7.01. The Labute approximate surface area is 188 Å². The maximum atomic E-state index is 11.8. The first kappa shape index (κ1) is 23.2. The van der Waals surface area contributed by atoms with Gasteiger partial charge in [0, 0.05) is 23.3 Å². The molecule has 0 bridgehead atoms. The van der Waals surface area contributed by atoms with E-state index in [-0.39, 0.29) is 23.3 Å². The Hall–Kier alpha value is -1.93. The second-order valence-electron chi connectivity index (χ2n) is 9.62. The van der Waals surface area contributed by atoms with Crippen molar-refractivity contribution in [2.24, 2.45) is 5.92 Å². The van der Waals surface area contributed by atoms with Crippen LogP contribution in [-0.2, 0) is 15.9 Å². The van der Waals surface area contributed by atoms with Gasteiger partial charge < -0.3 is 29.2 Å². The SMILES string of the molecule is CCCC(c1coc2c(C=O)c(O)c(CC(C)C)cc12)[C@H]1C[C@@H](O)[C@]2(O[C@@H]2CC)[C@H](O)O1. The summed E-state index contributed by atoms with van der Waals surface area (Å²) in [5.74, 6) is 0.109. The zero-order valence-electron chi connectivity index (χ0n) is 19.2. The molecule has 1 spiro atoms. The summed E-state index contributed by atoms with van der Waals surface area (Å²) in [5.41, 5.74) is 1.04. The van der Waals surface area contributed by atoms with E-state index in [1.807, 2.05) is 13.0 Å². The molecule has 2 aromatic rings. The molecule has 2 saturated heterocycles. The normalized spacial score (nSPS) is 30.8. The quantitative estimate of drug-likeness (QED) is 0.414. The van der Waals surface area contributed by atoms with Gasteiger partial charge in [0.25, 0.3) is 0 Å². The molecule has 32 heavy (non-hydrogen) atoms. The number of ether oxygens (including phenoxy) is 2. The fourth-order valence-corrected chi connectivity index (χ4v) is 5.39. The highest BCUT2D eigenvalue weighted by Gasteiger charge is 2.68. The molecule has 0 saturated carbocycles. The molecular weight excluding hydrogens is 412 g/mol. The molecule has 1 unspecified atom stereocenters. The molecule has 1 aromatic carbocycles. The second-order valence-corrected chi connectivity index (χ2v) is 9.62. The molecule has 3 N–H and O–H groups in total. The Bertz CT molecular complexity index is 966. The zero-order valence-corrected chi connectivity index (χ0v) is 19.2. The smallest absolute Gasteiger partial charge is 0.189 e. The monoisotopic (exact) mass is 446 g/mol. The second kappa shape index (κ2) is 8.78. The van der Waals surface area contributed by atoms with Crippen molar-refractivity contribution in [1.82, 2.24) is 0 Å². The fraction of sp³-hybridized carbons (Fsp3) is 0.640. The molecule has 1 aromatic heterocycles. The Morgan fingerprint density at radius 2 is 2.03 bits per heavy atom. The van der Waals surface area contributed by atoms with Crippen molar-refractivity contribution in [2.75, 3.05) is 0 Å². The van der Waals surface area contributed by atoms with Gasteiger partial charge in [0.1, 0.15) is 11.3 Å². The standard InChI is InChI=1S/C25H34O7/c1-5-7-15(19-10-20(27)25(24(29)31-19)21(6-2)32-25)18-12-30-23-16(18)9-14(8-13(3)4)22(28)17(23)11-26/h9,11-13,15,19-21,24,27-29H,5-8,10H2,1-4H3/t15?,19-,20-,21-,24-,25-/m1/s1. The molecule has 6 atom stereocenters. The van der Waals surface area contributed by atoms with Crippen LogP contribution in [0, 0.1) is 5.92 Å². The van der Waals surface area contributed by atoms with Gasteiger partial charge in [-0.05, 0) is 36.8 Å². The number of phenolic OH excluding ortho intramolecular Hbond substituents is 1. The Morgan fingerprint density at radius 3 is 2.59 bits per heavy atom. The number of rotatable bonds is 8. The summed E-state index contributed by atoms with van der Waals surface area (Å²) in [5, 5.41) is 33.0. The molecule has 7 nitrogen and oxygen atoms in total. The van der Waals surface area contributed by atoms with Crippen molar-refractivity contribution in [3.8, 4) is 5.75 Å². The van der Waals surface area contributed by atoms with Crippen molar-refractivity contribution < 1.29 is 34.0 Å². The minimum Gasteiger partial charge on any atom is -0.507 e. The minimum absolute atomic E-state index is 0.0349. The first-order chi connectivity index (χ1) is 15.3. The average molecular weight is 447 g/mol. The van der Waals surface area contributed by atoms with E-state index in [0.717, 1.165) is 23.8 Å². The maximum Gasteiger partial charge on any atom is 0.189 e. The molecule has 2 aliphatic heterocycles. The number of aldehydes is 1. The van der Waals surface area contributed by atoms with Gasteiger partial charge in [0.15, 0.2) is 18.2 Å². The van der Waals surface area contributed by atoms with E-state index < -0.39 is 24.1 Å². The van der Waals surface area contributed by atoms with Gasteiger partial charge in [-0.2, -0.15) is 0 Å².